The van der Waals surface area contributed by atoms with Crippen LogP contribution in [0.5, 0.6) is 0 Å². The van der Waals surface area contributed by atoms with Gasteiger partial charge >= 0.3 is 10.4 Å². The summed E-state index contributed by atoms with van der Waals surface area (Å²) in [6, 6.07) is 4.23. The average Bonchev–Trinajstić information content (AvgIpc) is 2.29. The van der Waals surface area contributed by atoms with E-state index in [0.717, 1.165) is 0 Å². The first-order chi connectivity index (χ1) is 9.15. The Balaban J connectivity index is 2.91. The van der Waals surface area contributed by atoms with Crippen molar-refractivity contribution >= 4 is 48.5 Å². The average molecular weight is 434 g/mol. The lowest BCUT2D eigenvalue weighted by atomic mass is 10.3. The predicted molar refractivity (Wildman–Crippen MR) is 79.2 cm³/mol. The molecule has 0 aliphatic heterocycles. The Morgan fingerprint density at radius 1 is 1.30 bits per heavy atom. The summed E-state index contributed by atoms with van der Waals surface area (Å²) in [5.41, 5.74) is 0.529. The molecule has 112 valence electrons. The molecule has 11 heteroatoms. The number of halogens is 1. The Kier molecular flexibility index (Phi) is 6.00. The molecule has 0 aliphatic rings. The topological polar surface area (TPSA) is 122 Å². The molecule has 1 aromatic carbocycles. The van der Waals surface area contributed by atoms with E-state index in [4.69, 9.17) is 4.55 Å². The zero-order chi connectivity index (χ0) is 15.4. The van der Waals surface area contributed by atoms with Gasteiger partial charge in [-0.15, -0.1) is 0 Å². The number of azo groups is 1. The van der Waals surface area contributed by atoms with Crippen molar-refractivity contribution in [3.8, 4) is 0 Å². The number of hydrogen-bond donors (Lipinski definition) is 1. The highest BCUT2D eigenvalue weighted by molar-refractivity contribution is 14.1. The molecule has 1 N–H and O–H groups in total. The van der Waals surface area contributed by atoms with Gasteiger partial charge in [0.2, 0.25) is 0 Å². The van der Waals surface area contributed by atoms with Crippen LogP contribution in [0.1, 0.15) is 0 Å². The molecule has 0 aromatic heterocycles. The molecule has 0 atom stereocenters. The fourth-order valence-electron chi connectivity index (χ4n) is 1.24. The second-order valence-electron chi connectivity index (χ2n) is 3.48. The van der Waals surface area contributed by atoms with Crippen LogP contribution in [0.4, 0.5) is 5.69 Å². The van der Waals surface area contributed by atoms with Gasteiger partial charge in [0.05, 0.1) is 22.9 Å². The third kappa shape index (κ3) is 5.40. The van der Waals surface area contributed by atoms with Crippen molar-refractivity contribution in [3.05, 3.63) is 21.8 Å². The Labute approximate surface area is 130 Å². The third-order valence-electron chi connectivity index (χ3n) is 2.07. The minimum atomic E-state index is -4.64. The van der Waals surface area contributed by atoms with Gasteiger partial charge in [-0.25, -0.2) is 12.6 Å². The van der Waals surface area contributed by atoms with E-state index in [1.807, 2.05) is 22.6 Å². The number of rotatable bonds is 6. The first kappa shape index (κ1) is 17.4. The normalized spacial score (nSPS) is 12.9. The highest BCUT2D eigenvalue weighted by Gasteiger charge is 2.17. The Morgan fingerprint density at radius 3 is 2.45 bits per heavy atom. The molecule has 0 saturated carbocycles. The molecule has 0 radical (unpaired) electrons. The fraction of sp³-hybridized carbons (Fsp3) is 0.333. The molecule has 0 fully saturated rings. The van der Waals surface area contributed by atoms with Gasteiger partial charge in [-0.3, -0.25) is 4.55 Å². The molecule has 0 amide bonds. The minimum absolute atomic E-state index is 0.0101. The van der Waals surface area contributed by atoms with Crippen molar-refractivity contribution in [3.63, 3.8) is 0 Å². The summed E-state index contributed by atoms with van der Waals surface area (Å²) in [6.45, 7) is -0.659. The molecule has 20 heavy (non-hydrogen) atoms. The van der Waals surface area contributed by atoms with Gasteiger partial charge in [0.25, 0.3) is 0 Å². The van der Waals surface area contributed by atoms with Gasteiger partial charge in [0, 0.05) is 10.6 Å². The van der Waals surface area contributed by atoms with Crippen molar-refractivity contribution in [1.82, 2.24) is 0 Å². The van der Waals surface area contributed by atoms with Gasteiger partial charge in [0.15, 0.2) is 9.84 Å². The molecule has 0 unspecified atom stereocenters. The van der Waals surface area contributed by atoms with E-state index < -0.39 is 32.6 Å². The molecule has 0 aliphatic carbocycles. The van der Waals surface area contributed by atoms with E-state index in [-0.39, 0.29) is 4.90 Å². The van der Waals surface area contributed by atoms with Crippen LogP contribution in [0.2, 0.25) is 0 Å². The van der Waals surface area contributed by atoms with Crippen LogP contribution >= 0.6 is 22.6 Å². The smallest absolute Gasteiger partial charge is 0.264 e. The lowest BCUT2D eigenvalue weighted by Crippen LogP contribution is -2.15. The molecule has 0 spiro atoms. The summed E-state index contributed by atoms with van der Waals surface area (Å²) in [6.07, 6.45) is 0. The van der Waals surface area contributed by atoms with Crippen LogP contribution in [0.15, 0.2) is 33.3 Å². The Bertz CT molecular complexity index is 714. The van der Waals surface area contributed by atoms with Gasteiger partial charge in [-0.2, -0.15) is 18.6 Å². The molecule has 0 bridgehead atoms. The molecule has 8 nitrogen and oxygen atoms in total. The number of sulfone groups is 1. The number of benzene rings is 1. The Hall–Kier alpha value is -0.630. The second-order valence-corrected chi connectivity index (χ2v) is 7.84. The summed E-state index contributed by atoms with van der Waals surface area (Å²) in [5.74, 6) is -0.572. The molecular formula is C9H11IN2O6S2. The highest BCUT2D eigenvalue weighted by Crippen LogP contribution is 2.25. The standard InChI is InChI=1S/C9H11IN2O6S2/c1-11-12-9-3-2-7(6-8(9)10)19(13,14)5-4-18-20(15,16)17/h2-3,6H,4-5H2,1H3,(H,15,16,17). The van der Waals surface area contributed by atoms with Gasteiger partial charge in [-0.1, -0.05) is 0 Å². The maximum Gasteiger partial charge on any atom is 0.397 e. The van der Waals surface area contributed by atoms with E-state index in [0.29, 0.717) is 9.26 Å². The van der Waals surface area contributed by atoms with E-state index in [1.54, 1.807) is 0 Å². The summed E-state index contributed by atoms with van der Waals surface area (Å²) in [5, 5.41) is 7.40. The zero-order valence-corrected chi connectivity index (χ0v) is 14.0. The van der Waals surface area contributed by atoms with E-state index in [2.05, 4.69) is 14.4 Å². The highest BCUT2D eigenvalue weighted by atomic mass is 127. The Morgan fingerprint density at radius 2 is 1.95 bits per heavy atom. The van der Waals surface area contributed by atoms with Crippen LogP contribution in [-0.2, 0) is 24.4 Å². The van der Waals surface area contributed by atoms with Crippen molar-refractivity contribution in [2.24, 2.45) is 10.2 Å². The van der Waals surface area contributed by atoms with E-state index in [9.17, 15) is 16.8 Å². The summed E-state index contributed by atoms with van der Waals surface area (Å²) >= 11 is 1.91. The summed E-state index contributed by atoms with van der Waals surface area (Å²) < 4.78 is 57.5. The molecular weight excluding hydrogens is 423 g/mol. The first-order valence-electron chi connectivity index (χ1n) is 5.10. The molecule has 1 rings (SSSR count). The van der Waals surface area contributed by atoms with Crippen LogP contribution in [0.3, 0.4) is 0 Å². The fourth-order valence-corrected chi connectivity index (χ4v) is 3.58. The lowest BCUT2D eigenvalue weighted by Gasteiger charge is -2.05. The SMILES string of the molecule is CN=Nc1ccc(S(=O)(=O)CCOS(=O)(=O)O)cc1I. The zero-order valence-electron chi connectivity index (χ0n) is 10.2. The predicted octanol–water partition coefficient (Wildman–Crippen LogP) is 1.60. The number of hydrogen-bond acceptors (Lipinski definition) is 7. The third-order valence-corrected chi connectivity index (χ3v) is 5.08. The van der Waals surface area contributed by atoms with Crippen molar-refractivity contribution in [2.45, 2.75) is 4.90 Å². The van der Waals surface area contributed by atoms with Crippen LogP contribution < -0.4 is 0 Å². The molecule has 0 saturated heterocycles. The molecule has 0 heterocycles. The summed E-state index contributed by atoms with van der Waals surface area (Å²) in [7, 11) is -6.87. The van der Waals surface area contributed by atoms with Crippen molar-refractivity contribution in [2.75, 3.05) is 19.4 Å². The summed E-state index contributed by atoms with van der Waals surface area (Å²) in [4.78, 5) is 0.0101. The van der Waals surface area contributed by atoms with E-state index >= 15 is 0 Å². The van der Waals surface area contributed by atoms with Gasteiger partial charge < -0.3 is 0 Å². The maximum absolute atomic E-state index is 11.9. The van der Waals surface area contributed by atoms with Gasteiger partial charge in [-0.05, 0) is 40.8 Å². The maximum atomic E-state index is 11.9. The lowest BCUT2D eigenvalue weighted by molar-refractivity contribution is 0.284. The first-order valence-corrected chi connectivity index (χ1v) is 9.19. The van der Waals surface area contributed by atoms with Crippen LogP contribution in [-0.4, -0.2) is 40.8 Å². The quantitative estimate of drug-likeness (QED) is 0.412. The van der Waals surface area contributed by atoms with Crippen molar-refractivity contribution < 1.29 is 25.6 Å². The van der Waals surface area contributed by atoms with Crippen molar-refractivity contribution in [1.29, 1.82) is 0 Å². The monoisotopic (exact) mass is 434 g/mol. The van der Waals surface area contributed by atoms with E-state index in [1.165, 1.54) is 25.2 Å². The largest absolute Gasteiger partial charge is 0.397 e. The van der Waals surface area contributed by atoms with Crippen LogP contribution in [0.25, 0.3) is 0 Å². The minimum Gasteiger partial charge on any atom is -0.264 e. The van der Waals surface area contributed by atoms with Crippen LogP contribution in [0, 0.1) is 3.57 Å². The molecule has 1 aromatic rings. The van der Waals surface area contributed by atoms with Gasteiger partial charge in [0.1, 0.15) is 0 Å². The number of nitrogens with zero attached hydrogens (tertiary/aromatic N) is 2. The second kappa shape index (κ2) is 6.89.